The van der Waals surface area contributed by atoms with E-state index in [9.17, 15) is 0 Å². The van der Waals surface area contributed by atoms with Crippen molar-refractivity contribution in [3.8, 4) is 0 Å². The maximum atomic E-state index is 6.15. The summed E-state index contributed by atoms with van der Waals surface area (Å²) < 4.78 is 12.3. The Kier molecular flexibility index (Phi) is 5.86. The maximum Gasteiger partial charge on any atom is 0.383 e. The van der Waals surface area contributed by atoms with E-state index in [1.54, 1.807) is 0 Å². The topological polar surface area (TPSA) is 18.5 Å². The molecule has 0 amide bonds. The highest BCUT2D eigenvalue weighted by Crippen LogP contribution is 2.16. The van der Waals surface area contributed by atoms with Gasteiger partial charge in [-0.05, 0) is 32.9 Å². The zero-order valence-corrected chi connectivity index (χ0v) is 13.5. The van der Waals surface area contributed by atoms with E-state index in [4.69, 9.17) is 8.85 Å². The molecule has 0 N–H and O–H groups in total. The highest BCUT2D eigenvalue weighted by atomic mass is 79.9. The van der Waals surface area contributed by atoms with E-state index < -0.39 is 8.56 Å². The second-order valence-corrected chi connectivity index (χ2v) is 9.09. The lowest BCUT2D eigenvalue weighted by atomic mass is 10.4. The Balaban J connectivity index is 3.06. The van der Waals surface area contributed by atoms with Gasteiger partial charge in [-0.3, -0.25) is 0 Å². The van der Waals surface area contributed by atoms with Gasteiger partial charge in [0.25, 0.3) is 0 Å². The summed E-state index contributed by atoms with van der Waals surface area (Å²) in [6.45, 7) is 8.21. The Labute approximate surface area is 114 Å². The molecule has 0 aliphatic heterocycles. The van der Waals surface area contributed by atoms with Crippen LogP contribution in [0.3, 0.4) is 0 Å². The number of benzene rings is 1. The lowest BCUT2D eigenvalue weighted by Gasteiger charge is -2.33. The number of alkyl halides is 1. The van der Waals surface area contributed by atoms with Gasteiger partial charge in [0.05, 0.1) is 4.95 Å². The second-order valence-electron chi connectivity index (χ2n) is 4.59. The van der Waals surface area contributed by atoms with Gasteiger partial charge in [0, 0.05) is 12.2 Å². The average molecular weight is 317 g/mol. The van der Waals surface area contributed by atoms with Crippen molar-refractivity contribution >= 4 is 29.7 Å². The number of hydrogen-bond acceptors (Lipinski definition) is 2. The highest BCUT2D eigenvalue weighted by Gasteiger charge is 2.41. The molecule has 0 radical (unpaired) electrons. The van der Waals surface area contributed by atoms with Crippen LogP contribution in [0.15, 0.2) is 30.3 Å². The van der Waals surface area contributed by atoms with Gasteiger partial charge in [0.1, 0.15) is 0 Å². The molecule has 2 nitrogen and oxygen atoms in total. The molecule has 17 heavy (non-hydrogen) atoms. The standard InChI is InChI=1S/C13H21BrO2Si/c1-11(2)15-17(10-14,16-12(3)4)13-8-6-5-7-9-13/h5-9,11-12H,10H2,1-4H3. The zero-order valence-electron chi connectivity index (χ0n) is 10.9. The maximum absolute atomic E-state index is 6.15. The second kappa shape index (κ2) is 6.68. The van der Waals surface area contributed by atoms with Crippen molar-refractivity contribution in [1.82, 2.24) is 0 Å². The molecule has 1 aromatic carbocycles. The Hall–Kier alpha value is -0.163. The number of hydrogen-bond donors (Lipinski definition) is 0. The van der Waals surface area contributed by atoms with Crippen molar-refractivity contribution in [2.75, 3.05) is 4.95 Å². The minimum absolute atomic E-state index is 0.165. The van der Waals surface area contributed by atoms with Crippen LogP contribution < -0.4 is 5.19 Å². The van der Waals surface area contributed by atoms with Crippen molar-refractivity contribution in [3.05, 3.63) is 30.3 Å². The molecule has 0 atom stereocenters. The monoisotopic (exact) mass is 316 g/mol. The van der Waals surface area contributed by atoms with Crippen LogP contribution in [-0.4, -0.2) is 25.7 Å². The minimum Gasteiger partial charge on any atom is -0.388 e. The summed E-state index contributed by atoms with van der Waals surface area (Å²) >= 11 is 3.58. The highest BCUT2D eigenvalue weighted by molar-refractivity contribution is 9.09. The number of halogens is 1. The molecular weight excluding hydrogens is 296 g/mol. The van der Waals surface area contributed by atoms with Crippen molar-refractivity contribution in [2.24, 2.45) is 0 Å². The van der Waals surface area contributed by atoms with E-state index in [1.165, 1.54) is 5.19 Å². The van der Waals surface area contributed by atoms with Gasteiger partial charge in [-0.25, -0.2) is 0 Å². The van der Waals surface area contributed by atoms with E-state index in [-0.39, 0.29) is 12.2 Å². The van der Waals surface area contributed by atoms with Crippen molar-refractivity contribution in [1.29, 1.82) is 0 Å². The summed E-state index contributed by atoms with van der Waals surface area (Å²) in [6, 6.07) is 10.3. The van der Waals surface area contributed by atoms with E-state index in [0.29, 0.717) is 0 Å². The van der Waals surface area contributed by atoms with Gasteiger partial charge in [0.2, 0.25) is 0 Å². The van der Waals surface area contributed by atoms with Gasteiger partial charge in [-0.15, -0.1) is 0 Å². The van der Waals surface area contributed by atoms with Crippen LogP contribution in [0.4, 0.5) is 0 Å². The van der Waals surface area contributed by atoms with Crippen LogP contribution in [0, 0.1) is 0 Å². The first-order chi connectivity index (χ1) is 8.00. The summed E-state index contributed by atoms with van der Waals surface area (Å²) in [5, 5.41) is 1.18. The average Bonchev–Trinajstić information content (AvgIpc) is 2.28. The molecule has 0 spiro atoms. The predicted octanol–water partition coefficient (Wildman–Crippen LogP) is 3.12. The smallest absolute Gasteiger partial charge is 0.383 e. The normalized spacial score (nSPS) is 12.4. The Morgan fingerprint density at radius 2 is 1.47 bits per heavy atom. The fourth-order valence-electron chi connectivity index (χ4n) is 1.76. The molecule has 0 fully saturated rings. The SMILES string of the molecule is CC(C)O[Si](CBr)(OC(C)C)c1ccccc1. The summed E-state index contributed by atoms with van der Waals surface area (Å²) in [7, 11) is -2.36. The Morgan fingerprint density at radius 1 is 1.00 bits per heavy atom. The third kappa shape index (κ3) is 4.21. The fraction of sp³-hybridized carbons (Fsp3) is 0.538. The van der Waals surface area contributed by atoms with E-state index >= 15 is 0 Å². The third-order valence-corrected chi connectivity index (χ3v) is 7.73. The van der Waals surface area contributed by atoms with Crippen molar-refractivity contribution in [3.63, 3.8) is 0 Å². The van der Waals surface area contributed by atoms with Crippen LogP contribution >= 0.6 is 15.9 Å². The molecule has 96 valence electrons. The molecule has 0 aromatic heterocycles. The molecule has 0 saturated carbocycles. The Morgan fingerprint density at radius 3 is 1.82 bits per heavy atom. The lowest BCUT2D eigenvalue weighted by molar-refractivity contribution is 0.119. The summed E-state index contributed by atoms with van der Waals surface area (Å²) in [6.07, 6.45) is 0.330. The van der Waals surface area contributed by atoms with Gasteiger partial charge < -0.3 is 8.85 Å². The van der Waals surface area contributed by atoms with Crippen molar-refractivity contribution < 1.29 is 8.85 Å². The summed E-state index contributed by atoms with van der Waals surface area (Å²) in [4.78, 5) is 0.750. The number of rotatable bonds is 6. The van der Waals surface area contributed by atoms with Crippen LogP contribution in [0.1, 0.15) is 27.7 Å². The summed E-state index contributed by atoms with van der Waals surface area (Å²) in [5.74, 6) is 0. The lowest BCUT2D eigenvalue weighted by Crippen LogP contribution is -2.58. The van der Waals surface area contributed by atoms with E-state index in [0.717, 1.165) is 4.95 Å². The molecule has 0 aliphatic carbocycles. The molecule has 0 saturated heterocycles. The molecule has 0 aliphatic rings. The largest absolute Gasteiger partial charge is 0.388 e. The van der Waals surface area contributed by atoms with Crippen LogP contribution in [0.2, 0.25) is 0 Å². The zero-order chi connectivity index (χ0) is 12.9. The molecule has 0 unspecified atom stereocenters. The van der Waals surface area contributed by atoms with Crippen LogP contribution in [0.5, 0.6) is 0 Å². The van der Waals surface area contributed by atoms with E-state index in [1.807, 2.05) is 18.2 Å². The van der Waals surface area contributed by atoms with Crippen LogP contribution in [0.25, 0.3) is 0 Å². The van der Waals surface area contributed by atoms with Gasteiger partial charge in [0.15, 0.2) is 0 Å². The molecule has 1 rings (SSSR count). The fourth-order valence-corrected chi connectivity index (χ4v) is 6.35. The molecule has 0 bridgehead atoms. The van der Waals surface area contributed by atoms with Gasteiger partial charge in [-0.1, -0.05) is 46.3 Å². The van der Waals surface area contributed by atoms with Crippen molar-refractivity contribution in [2.45, 2.75) is 39.9 Å². The first kappa shape index (κ1) is 14.9. The Bertz CT molecular complexity index is 317. The quantitative estimate of drug-likeness (QED) is 0.593. The van der Waals surface area contributed by atoms with Gasteiger partial charge >= 0.3 is 8.56 Å². The van der Waals surface area contributed by atoms with Crippen LogP contribution in [-0.2, 0) is 8.85 Å². The molecular formula is C13H21BrO2Si. The third-order valence-electron chi connectivity index (χ3n) is 2.24. The van der Waals surface area contributed by atoms with E-state index in [2.05, 4.69) is 55.8 Å². The van der Waals surface area contributed by atoms with Gasteiger partial charge in [-0.2, -0.15) is 0 Å². The molecule has 1 aromatic rings. The first-order valence-corrected chi connectivity index (χ1v) is 9.12. The predicted molar refractivity (Wildman–Crippen MR) is 78.1 cm³/mol. The molecule has 4 heteroatoms. The molecule has 0 heterocycles. The first-order valence-electron chi connectivity index (χ1n) is 5.97. The minimum atomic E-state index is -2.36. The summed E-state index contributed by atoms with van der Waals surface area (Å²) in [5.41, 5.74) is 0.